The second-order valence-corrected chi connectivity index (χ2v) is 14.1. The van der Waals surface area contributed by atoms with Gasteiger partial charge in [-0.25, -0.2) is 32.9 Å². The van der Waals surface area contributed by atoms with E-state index in [0.29, 0.717) is 23.8 Å². The highest BCUT2D eigenvalue weighted by Gasteiger charge is 2.57. The van der Waals surface area contributed by atoms with E-state index in [0.717, 1.165) is 35.3 Å². The first-order valence-corrected chi connectivity index (χ1v) is 18.1. The summed E-state index contributed by atoms with van der Waals surface area (Å²) < 4.78 is 44.6. The first-order chi connectivity index (χ1) is 24.9. The lowest BCUT2D eigenvalue weighted by atomic mass is 9.84. The van der Waals surface area contributed by atoms with Gasteiger partial charge in [-0.15, -0.1) is 11.3 Å². The van der Waals surface area contributed by atoms with Gasteiger partial charge in [0.05, 0.1) is 18.8 Å². The molecule has 22 heteroatoms. The monoisotopic (exact) mass is 777 g/mol. The number of nitrogen functional groups attached to an aromatic ring is 1. The minimum Gasteiger partial charge on any atom is -0.724 e. The van der Waals surface area contributed by atoms with Gasteiger partial charge in [-0.3, -0.25) is 9.59 Å². The van der Waals surface area contributed by atoms with Crippen molar-refractivity contribution in [1.29, 1.82) is 0 Å². The van der Waals surface area contributed by atoms with E-state index < -0.39 is 64.2 Å². The average Bonchev–Trinajstić information content (AvgIpc) is 3.53. The van der Waals surface area contributed by atoms with Crippen LogP contribution in [0.3, 0.4) is 0 Å². The number of pyridine rings is 1. The van der Waals surface area contributed by atoms with Gasteiger partial charge >= 0.3 is 11.9 Å². The summed E-state index contributed by atoms with van der Waals surface area (Å²) >= 11 is 0.938. The molecule has 286 valence electrons. The Morgan fingerprint density at radius 1 is 1.17 bits per heavy atom. The number of β-lactam (4-membered cyclic amide) rings is 1. The standard InChI is InChI=1S/C31H39N9O11S2/c1-31(2)25(28(43)40(31)51-53(46,47)48)37-27(42)24(21-16-52-30(34)35-21)38-50-22(29(44)45)15-49-19-10-7-17(8-11-19)18-9-12-23(39(3)14-18)36-26(41)20(33)6-4-5-13-32/h7-12,14,16,20,22,25H,4-6,13,15,32-33H2,1-3H3,(H5,34,35,37,42,44,45,46,47,48)/b38-24-/t20-,22+,25-/m1/s1. The van der Waals surface area contributed by atoms with Crippen LogP contribution in [0.25, 0.3) is 11.1 Å². The Kier molecular flexibility index (Phi) is 13.0. The molecule has 0 unspecified atom stereocenters. The number of carboxylic acid groups (broad SMARTS) is 1. The molecule has 9 N–H and O–H groups in total. The largest absolute Gasteiger partial charge is 0.724 e. The maximum absolute atomic E-state index is 13.3. The van der Waals surface area contributed by atoms with Crippen molar-refractivity contribution in [2.24, 2.45) is 23.7 Å². The number of nitrogens with two attached hydrogens (primary N) is 3. The molecule has 20 nitrogen and oxygen atoms in total. The van der Waals surface area contributed by atoms with Gasteiger partial charge in [0.15, 0.2) is 10.8 Å². The smallest absolute Gasteiger partial charge is 0.351 e. The zero-order valence-electron chi connectivity index (χ0n) is 28.8. The Morgan fingerprint density at radius 2 is 1.85 bits per heavy atom. The van der Waals surface area contributed by atoms with Gasteiger partial charge in [0, 0.05) is 17.0 Å². The number of carboxylic acids is 1. The molecule has 0 saturated carbocycles. The van der Waals surface area contributed by atoms with Crippen LogP contribution in [0.4, 0.5) is 10.9 Å². The molecule has 3 heterocycles. The van der Waals surface area contributed by atoms with Gasteiger partial charge in [-0.05, 0) is 57.0 Å². The van der Waals surface area contributed by atoms with E-state index in [1.807, 2.05) is 12.3 Å². The Balaban J connectivity index is 1.40. The van der Waals surface area contributed by atoms with Crippen LogP contribution < -0.4 is 37.1 Å². The highest BCUT2D eigenvalue weighted by atomic mass is 32.3. The van der Waals surface area contributed by atoms with Crippen LogP contribution in [0, 0.1) is 0 Å². The molecular weight excluding hydrogens is 739 g/mol. The normalized spacial score (nSPS) is 16.6. The second kappa shape index (κ2) is 17.0. The Bertz CT molecular complexity index is 1970. The van der Waals surface area contributed by atoms with Gasteiger partial charge in [0.1, 0.15) is 30.1 Å². The Morgan fingerprint density at radius 3 is 2.42 bits per heavy atom. The van der Waals surface area contributed by atoms with Gasteiger partial charge in [0.25, 0.3) is 23.7 Å². The van der Waals surface area contributed by atoms with E-state index >= 15 is 0 Å². The highest BCUT2D eigenvalue weighted by molar-refractivity contribution is 7.80. The Hall–Kier alpha value is -5.26. The number of hydrogen-bond acceptors (Lipinski definition) is 16. The molecular formula is C31H39N9O11S2. The van der Waals surface area contributed by atoms with Gasteiger partial charge in [0.2, 0.25) is 10.4 Å². The van der Waals surface area contributed by atoms with Crippen LogP contribution in [-0.2, 0) is 45.7 Å². The van der Waals surface area contributed by atoms with Crippen molar-refractivity contribution in [2.75, 3.05) is 24.2 Å². The van der Waals surface area contributed by atoms with E-state index in [9.17, 15) is 37.3 Å². The first-order valence-electron chi connectivity index (χ1n) is 15.9. The first kappa shape index (κ1) is 40.5. The van der Waals surface area contributed by atoms with Crippen LogP contribution in [0.2, 0.25) is 0 Å². The second-order valence-electron chi connectivity index (χ2n) is 12.2. The third kappa shape index (κ3) is 10.4. The van der Waals surface area contributed by atoms with Crippen molar-refractivity contribution in [3.63, 3.8) is 0 Å². The minimum absolute atomic E-state index is 0.0354. The number of oxime groups is 1. The van der Waals surface area contributed by atoms with Crippen molar-refractivity contribution in [3.05, 3.63) is 53.7 Å². The number of rotatable bonds is 18. The molecule has 1 aliphatic heterocycles. The molecule has 4 rings (SSSR count). The fourth-order valence-corrected chi connectivity index (χ4v) is 5.96. The number of nitrogens with zero attached hydrogens (tertiary/aromatic N) is 4. The van der Waals surface area contributed by atoms with Gasteiger partial charge < -0.3 is 41.8 Å². The average molecular weight is 778 g/mol. The highest BCUT2D eigenvalue weighted by Crippen LogP contribution is 2.33. The van der Waals surface area contributed by atoms with E-state index in [1.165, 1.54) is 19.2 Å². The van der Waals surface area contributed by atoms with Crippen molar-refractivity contribution in [2.45, 2.75) is 56.8 Å². The summed E-state index contributed by atoms with van der Waals surface area (Å²) in [6.45, 7) is 2.64. The summed E-state index contributed by atoms with van der Waals surface area (Å²) in [5.41, 5.74) is 16.6. The van der Waals surface area contributed by atoms with Crippen molar-refractivity contribution < 1.29 is 55.7 Å². The van der Waals surface area contributed by atoms with Crippen LogP contribution in [0.5, 0.6) is 5.75 Å². The molecule has 1 fully saturated rings. The number of nitrogens with one attached hydrogen (secondary N) is 2. The number of carbonyl (C=O) groups excluding carboxylic acids is 3. The maximum atomic E-state index is 13.3. The molecule has 3 amide bonds. The van der Waals surface area contributed by atoms with Crippen molar-refractivity contribution >= 4 is 62.1 Å². The third-order valence-electron chi connectivity index (χ3n) is 7.92. The van der Waals surface area contributed by atoms with Crippen molar-refractivity contribution in [1.82, 2.24) is 15.4 Å². The molecule has 1 aromatic carbocycles. The number of aromatic nitrogens is 2. The number of thiazole rings is 1. The molecule has 0 radical (unpaired) electrons. The fourth-order valence-electron chi connectivity index (χ4n) is 4.96. The number of anilines is 2. The molecule has 0 spiro atoms. The molecule has 0 aliphatic carbocycles. The maximum Gasteiger partial charge on any atom is 0.351 e. The number of hydroxylamine groups is 2. The topological polar surface area (TPSA) is 308 Å². The van der Waals surface area contributed by atoms with Crippen molar-refractivity contribution in [3.8, 4) is 16.9 Å². The Labute approximate surface area is 307 Å². The SMILES string of the molecule is C[n+]1cc(-c2ccc(OC[C@H](O/N=C(\C(=O)N[C@@H]3C(=O)N(OS(=O)(=O)[O-])C3(C)C)c3csc(N)n3)C(=O)O)cc2)ccc1NC(=O)[C@H](N)CCCCN. The number of carbonyl (C=O) groups is 4. The number of unbranched alkanes of at least 4 members (excludes halogenated alkanes) is 1. The van der Waals surface area contributed by atoms with E-state index in [1.54, 1.807) is 41.9 Å². The molecule has 2 aromatic heterocycles. The summed E-state index contributed by atoms with van der Waals surface area (Å²) in [4.78, 5) is 59.4. The number of aliphatic carboxylic acids is 1. The molecule has 3 aromatic rings. The summed E-state index contributed by atoms with van der Waals surface area (Å²) in [7, 11) is -3.52. The summed E-state index contributed by atoms with van der Waals surface area (Å²) in [6.07, 6.45) is 2.14. The number of benzene rings is 1. The van der Waals surface area contributed by atoms with E-state index in [-0.39, 0.29) is 22.5 Å². The lowest BCUT2D eigenvalue weighted by Gasteiger charge is -2.51. The van der Waals surface area contributed by atoms with Crippen LogP contribution in [0.15, 0.2) is 53.1 Å². The third-order valence-corrected chi connectivity index (χ3v) is 8.93. The van der Waals surface area contributed by atoms with E-state index in [4.69, 9.17) is 26.8 Å². The summed E-state index contributed by atoms with van der Waals surface area (Å²) in [5.74, 6) is -3.06. The zero-order valence-corrected chi connectivity index (χ0v) is 30.4. The summed E-state index contributed by atoms with van der Waals surface area (Å²) in [5, 5.41) is 20.3. The van der Waals surface area contributed by atoms with E-state index in [2.05, 4.69) is 25.1 Å². The quantitative estimate of drug-likeness (QED) is 0.0178. The molecule has 53 heavy (non-hydrogen) atoms. The molecule has 1 saturated heterocycles. The van der Waals surface area contributed by atoms with Crippen LogP contribution >= 0.6 is 11.3 Å². The van der Waals surface area contributed by atoms with Gasteiger partial charge in [-0.2, -0.15) is 9.35 Å². The molecule has 3 atom stereocenters. The number of hydrogen-bond donors (Lipinski definition) is 6. The molecule has 0 bridgehead atoms. The number of aryl methyl sites for hydroxylation is 1. The predicted octanol–water partition coefficient (Wildman–Crippen LogP) is -0.638. The molecule has 1 aliphatic rings. The fraction of sp³-hybridized carbons (Fsp3) is 0.387. The van der Waals surface area contributed by atoms with Crippen LogP contribution in [0.1, 0.15) is 38.8 Å². The lowest BCUT2D eigenvalue weighted by molar-refractivity contribution is -0.656. The zero-order chi connectivity index (χ0) is 39.1. The summed E-state index contributed by atoms with van der Waals surface area (Å²) in [6, 6.07) is 8.20. The minimum atomic E-state index is -5.28. The van der Waals surface area contributed by atoms with Crippen LogP contribution in [-0.4, -0.2) is 94.4 Å². The number of ether oxygens (including phenoxy) is 1. The number of amides is 3. The van der Waals surface area contributed by atoms with Gasteiger partial charge in [-0.1, -0.05) is 23.7 Å². The lowest BCUT2D eigenvalue weighted by Crippen LogP contribution is -2.76. The predicted molar refractivity (Wildman–Crippen MR) is 187 cm³/mol.